The van der Waals surface area contributed by atoms with Crippen molar-refractivity contribution >= 4 is 52.0 Å². The fourth-order valence-electron chi connectivity index (χ4n) is 2.41. The van der Waals surface area contributed by atoms with Crippen LogP contribution in [0.25, 0.3) is 0 Å². The highest BCUT2D eigenvalue weighted by atomic mass is 32.2. The Morgan fingerprint density at radius 1 is 0.765 bits per heavy atom. The Morgan fingerprint density at radius 3 is 1.50 bits per heavy atom. The summed E-state index contributed by atoms with van der Waals surface area (Å²) < 4.78 is 107. The zero-order chi connectivity index (χ0) is 25.4. The summed E-state index contributed by atoms with van der Waals surface area (Å²) >= 11 is 2.15. The highest BCUT2D eigenvalue weighted by Crippen LogP contribution is 2.32. The molecule has 0 amide bonds. The van der Waals surface area contributed by atoms with Gasteiger partial charge in [0.2, 0.25) is 13.6 Å². The van der Waals surface area contributed by atoms with E-state index in [1.807, 2.05) is 0 Å². The molecule has 0 aliphatic carbocycles. The first-order valence-electron chi connectivity index (χ1n) is 9.38. The van der Waals surface area contributed by atoms with Crippen LogP contribution in [0.3, 0.4) is 0 Å². The van der Waals surface area contributed by atoms with Crippen LogP contribution >= 0.6 is 31.8 Å². The standard InChI is InChI=1S/C18H20F2O9PS4/c1-3-31-15-9-5-7-13(19)17(15)33(22,23)28-11-26-30(21)27-12-29-34(24,25)18-14(20)8-6-10-16(18)32-4-2/h5-10H,3-4,11-12H2,1-2H3/q+1. The van der Waals surface area contributed by atoms with E-state index in [0.717, 1.165) is 35.7 Å². The van der Waals surface area contributed by atoms with Gasteiger partial charge >= 0.3 is 28.5 Å². The van der Waals surface area contributed by atoms with Crippen LogP contribution in [0.2, 0.25) is 0 Å². The summed E-state index contributed by atoms with van der Waals surface area (Å²) in [5.74, 6) is -1.13. The summed E-state index contributed by atoms with van der Waals surface area (Å²) in [6, 6.07) is 7.36. The first kappa shape index (κ1) is 29.1. The molecule has 16 heteroatoms. The zero-order valence-corrected chi connectivity index (χ0v) is 22.0. The van der Waals surface area contributed by atoms with Gasteiger partial charge in [-0.25, -0.2) is 17.1 Å². The van der Waals surface area contributed by atoms with Crippen molar-refractivity contribution in [1.29, 1.82) is 0 Å². The van der Waals surface area contributed by atoms with Crippen molar-refractivity contribution in [3.63, 3.8) is 0 Å². The van der Waals surface area contributed by atoms with Gasteiger partial charge in [0, 0.05) is 14.4 Å². The van der Waals surface area contributed by atoms with Gasteiger partial charge in [0.25, 0.3) is 0 Å². The molecule has 0 atom stereocenters. The van der Waals surface area contributed by atoms with Gasteiger partial charge in [-0.2, -0.15) is 16.8 Å². The number of hydrogen-bond donors (Lipinski definition) is 0. The van der Waals surface area contributed by atoms with E-state index < -0.39 is 63.5 Å². The highest BCUT2D eigenvalue weighted by molar-refractivity contribution is 8.00. The van der Waals surface area contributed by atoms with Crippen LogP contribution in [0.1, 0.15) is 13.8 Å². The minimum absolute atomic E-state index is 0.121. The van der Waals surface area contributed by atoms with Crippen LogP contribution in [0.15, 0.2) is 56.0 Å². The number of hydrogen-bond acceptors (Lipinski definition) is 11. The van der Waals surface area contributed by atoms with E-state index in [4.69, 9.17) is 0 Å². The molecule has 34 heavy (non-hydrogen) atoms. The second kappa shape index (κ2) is 13.2. The van der Waals surface area contributed by atoms with Crippen molar-refractivity contribution in [3.05, 3.63) is 48.0 Å². The van der Waals surface area contributed by atoms with Crippen LogP contribution < -0.4 is 0 Å². The summed E-state index contributed by atoms with van der Waals surface area (Å²) in [7, 11) is -12.3. The molecule has 2 rings (SSSR count). The van der Waals surface area contributed by atoms with Crippen LogP contribution in [0.4, 0.5) is 8.78 Å². The molecule has 0 heterocycles. The van der Waals surface area contributed by atoms with Crippen molar-refractivity contribution in [2.45, 2.75) is 33.4 Å². The molecule has 0 N–H and O–H groups in total. The molecule has 2 aromatic rings. The SMILES string of the molecule is CCSc1cccc(F)c1S(=O)(=O)OCO[P+](=O)OCOS(=O)(=O)c1c(F)cccc1SCC. The van der Waals surface area contributed by atoms with Crippen molar-refractivity contribution in [1.82, 2.24) is 0 Å². The van der Waals surface area contributed by atoms with E-state index in [1.165, 1.54) is 24.3 Å². The predicted molar refractivity (Wildman–Crippen MR) is 122 cm³/mol. The quantitative estimate of drug-likeness (QED) is 0.132. The van der Waals surface area contributed by atoms with E-state index in [0.29, 0.717) is 11.5 Å². The van der Waals surface area contributed by atoms with E-state index in [-0.39, 0.29) is 9.79 Å². The average Bonchev–Trinajstić information content (AvgIpc) is 2.73. The van der Waals surface area contributed by atoms with Crippen molar-refractivity contribution < 1.29 is 47.6 Å². The van der Waals surface area contributed by atoms with Gasteiger partial charge < -0.3 is 0 Å². The second-order valence-corrected chi connectivity index (χ2v) is 12.5. The molecule has 0 radical (unpaired) electrons. The van der Waals surface area contributed by atoms with Gasteiger partial charge in [0.05, 0.1) is 0 Å². The number of halogens is 2. The predicted octanol–water partition coefficient (Wildman–Crippen LogP) is 4.91. The number of benzene rings is 2. The van der Waals surface area contributed by atoms with Gasteiger partial charge in [-0.3, -0.25) is 0 Å². The molecular weight excluding hydrogens is 557 g/mol. The Bertz CT molecular complexity index is 1130. The van der Waals surface area contributed by atoms with Crippen LogP contribution in [0.5, 0.6) is 0 Å². The lowest BCUT2D eigenvalue weighted by Gasteiger charge is -2.09. The van der Waals surface area contributed by atoms with Crippen molar-refractivity contribution in [3.8, 4) is 0 Å². The van der Waals surface area contributed by atoms with E-state index in [9.17, 15) is 30.2 Å². The molecule has 0 aliphatic rings. The van der Waals surface area contributed by atoms with Gasteiger partial charge in [0.1, 0.15) is 21.4 Å². The molecule has 0 saturated heterocycles. The van der Waals surface area contributed by atoms with Crippen molar-refractivity contribution in [2.24, 2.45) is 0 Å². The molecular formula is C18H20F2O9PS4+. The fourth-order valence-corrected chi connectivity index (χ4v) is 7.13. The third kappa shape index (κ3) is 7.93. The molecule has 188 valence electrons. The van der Waals surface area contributed by atoms with Crippen molar-refractivity contribution in [2.75, 3.05) is 25.1 Å². The van der Waals surface area contributed by atoms with Gasteiger partial charge in [-0.1, -0.05) is 35.0 Å². The summed E-state index contributed by atoms with van der Waals surface area (Å²) in [5, 5.41) is 0. The zero-order valence-electron chi connectivity index (χ0n) is 17.8. The minimum Gasteiger partial charge on any atom is -0.232 e. The topological polar surface area (TPSA) is 122 Å². The smallest absolute Gasteiger partial charge is 0.232 e. The maximum absolute atomic E-state index is 14.1. The van der Waals surface area contributed by atoms with Gasteiger partial charge in [0.15, 0.2) is 0 Å². The second-order valence-electron chi connectivity index (χ2n) is 5.86. The number of thioether (sulfide) groups is 2. The molecule has 0 fully saturated rings. The lowest BCUT2D eigenvalue weighted by molar-refractivity contribution is 0.0750. The molecule has 0 saturated carbocycles. The normalized spacial score (nSPS) is 12.1. The number of rotatable bonds is 14. The first-order valence-corrected chi connectivity index (χ1v) is 15.3. The maximum Gasteiger partial charge on any atom is 0.702 e. The molecule has 0 aliphatic heterocycles. The lowest BCUT2D eigenvalue weighted by Crippen LogP contribution is -2.13. The van der Waals surface area contributed by atoms with E-state index in [1.54, 1.807) is 13.8 Å². The minimum atomic E-state index is -4.61. The summed E-state index contributed by atoms with van der Waals surface area (Å²) in [4.78, 5) is -1.14. The highest BCUT2D eigenvalue weighted by Gasteiger charge is 2.30. The largest absolute Gasteiger partial charge is 0.702 e. The molecule has 0 unspecified atom stereocenters. The Labute approximate surface area is 205 Å². The average molecular weight is 578 g/mol. The van der Waals surface area contributed by atoms with Gasteiger partial charge in [-0.15, -0.1) is 23.5 Å². The molecule has 0 spiro atoms. The third-order valence-electron chi connectivity index (χ3n) is 3.68. The lowest BCUT2D eigenvalue weighted by atomic mass is 10.3. The molecule has 0 aromatic heterocycles. The summed E-state index contributed by atoms with van der Waals surface area (Å²) in [6.07, 6.45) is 0. The molecule has 9 nitrogen and oxygen atoms in total. The Morgan fingerprint density at radius 2 is 1.15 bits per heavy atom. The van der Waals surface area contributed by atoms with E-state index in [2.05, 4.69) is 17.4 Å². The monoisotopic (exact) mass is 577 g/mol. The van der Waals surface area contributed by atoms with Gasteiger partial charge in [-0.05, 0) is 35.8 Å². The first-order chi connectivity index (χ1) is 16.0. The third-order valence-corrected chi connectivity index (χ3v) is 9.10. The molecule has 2 aromatic carbocycles. The Hall–Kier alpha value is -1.16. The fraction of sp³-hybridized carbons (Fsp3) is 0.333. The summed E-state index contributed by atoms with van der Waals surface area (Å²) in [5.41, 5.74) is 0. The Balaban J connectivity index is 1.93. The van der Waals surface area contributed by atoms with E-state index >= 15 is 0 Å². The molecule has 0 bridgehead atoms. The maximum atomic E-state index is 14.1. The van der Waals surface area contributed by atoms with Crippen LogP contribution in [-0.4, -0.2) is 41.9 Å². The van der Waals surface area contributed by atoms with Crippen LogP contribution in [-0.2, 0) is 42.2 Å². The Kier molecular flexibility index (Phi) is 11.3. The van der Waals surface area contributed by atoms with Crippen LogP contribution in [0, 0.1) is 11.6 Å². The summed E-state index contributed by atoms with van der Waals surface area (Å²) in [6.45, 7) is 1.27.